The van der Waals surface area contributed by atoms with Crippen LogP contribution in [-0.4, -0.2) is 47.2 Å². The molecule has 0 radical (unpaired) electrons. The zero-order valence-corrected chi connectivity index (χ0v) is 35.5. The van der Waals surface area contributed by atoms with Gasteiger partial charge >= 0.3 is 5.97 Å². The Balaban J connectivity index is 2.09. The Morgan fingerprint density at radius 1 is 1.04 bits per heavy atom. The molecule has 7 heteroatoms. The Labute approximate surface area is 297 Å². The molecule has 3 rings (SSSR count). The molecule has 5 nitrogen and oxygen atoms in total. The second-order valence-corrected chi connectivity index (χ2v) is 27.7. The first-order chi connectivity index (χ1) is 22.0. The van der Waals surface area contributed by atoms with E-state index < -0.39 is 22.4 Å². The lowest BCUT2D eigenvalue weighted by Crippen LogP contribution is -2.56. The molecule has 3 aliphatic carbocycles. The number of carbonyl (C=O) groups excluding carboxylic acids is 1. The topological polar surface area (TPSA) is 54.0 Å². The Morgan fingerprint density at radius 2 is 1.69 bits per heavy atom. The molecule has 0 bridgehead atoms. The van der Waals surface area contributed by atoms with Crippen molar-refractivity contribution in [3.8, 4) is 0 Å². The summed E-state index contributed by atoms with van der Waals surface area (Å²) in [4.78, 5) is 13.3. The maximum absolute atomic E-state index is 13.3. The first-order valence-electron chi connectivity index (χ1n) is 19.0. The van der Waals surface area contributed by atoms with Crippen molar-refractivity contribution in [2.75, 3.05) is 6.61 Å². The van der Waals surface area contributed by atoms with E-state index in [2.05, 4.69) is 120 Å². The molecule has 2 saturated carbocycles. The van der Waals surface area contributed by atoms with Crippen molar-refractivity contribution in [1.29, 1.82) is 0 Å². The monoisotopic (exact) mass is 700 g/mol. The van der Waals surface area contributed by atoms with Gasteiger partial charge in [0.1, 0.15) is 12.7 Å². The number of carbonyl (C=O) groups is 1. The Kier molecular flexibility index (Phi) is 13.3. The van der Waals surface area contributed by atoms with Gasteiger partial charge in [0.25, 0.3) is 0 Å². The minimum absolute atomic E-state index is 0.0254. The number of esters is 1. The standard InChI is InChI=1S/C41H72O5Si2/c1-16-20-34(18-3)44-37(42)29-43-41(46-48(14,15)39(8,9)10)27-32(30(4)36(28-41)45-47(12,13)38(5,6)7)23-22-31-21-19-26-40(11)33(17-2)24-25-35(31)40/h22-24,34-36H,4,16-21,25-29H2,1-3,5-15H3/t34?,35-,36?,40+,41-/m0/s1. The van der Waals surface area contributed by atoms with Crippen LogP contribution in [0, 0.1) is 11.3 Å². The molecule has 0 aliphatic heterocycles. The summed E-state index contributed by atoms with van der Waals surface area (Å²) in [6.45, 7) is 36.2. The highest BCUT2D eigenvalue weighted by Gasteiger charge is 2.52. The highest BCUT2D eigenvalue weighted by Crippen LogP contribution is 2.56. The van der Waals surface area contributed by atoms with E-state index in [1.807, 2.05) is 0 Å². The molecule has 48 heavy (non-hydrogen) atoms. The summed E-state index contributed by atoms with van der Waals surface area (Å²) in [5.41, 5.74) is 5.56. The third-order valence-electron chi connectivity index (χ3n) is 12.7. The fourth-order valence-electron chi connectivity index (χ4n) is 7.48. The molecule has 2 fully saturated rings. The quantitative estimate of drug-likeness (QED) is 0.0828. The predicted octanol–water partition coefficient (Wildman–Crippen LogP) is 12.0. The molecule has 0 amide bonds. The van der Waals surface area contributed by atoms with E-state index in [9.17, 15) is 4.79 Å². The number of fused-ring (bicyclic) bond motifs is 1. The van der Waals surface area contributed by atoms with Gasteiger partial charge in [-0.3, -0.25) is 0 Å². The summed E-state index contributed by atoms with van der Waals surface area (Å²) in [7, 11) is -4.56. The minimum Gasteiger partial charge on any atom is -0.461 e. The molecule has 0 aromatic rings. The van der Waals surface area contributed by atoms with E-state index >= 15 is 0 Å². The maximum atomic E-state index is 13.3. The Morgan fingerprint density at radius 3 is 2.25 bits per heavy atom. The van der Waals surface area contributed by atoms with Gasteiger partial charge in [0, 0.05) is 12.8 Å². The zero-order valence-electron chi connectivity index (χ0n) is 33.5. The highest BCUT2D eigenvalue weighted by atomic mass is 28.4. The van der Waals surface area contributed by atoms with Gasteiger partial charge in [-0.15, -0.1) is 0 Å². The van der Waals surface area contributed by atoms with Crippen LogP contribution in [0.25, 0.3) is 0 Å². The minimum atomic E-state index is -2.36. The summed E-state index contributed by atoms with van der Waals surface area (Å²) in [6.07, 6.45) is 16.4. The fraction of sp³-hybridized carbons (Fsp3) is 0.780. The van der Waals surface area contributed by atoms with Crippen LogP contribution in [0.2, 0.25) is 36.3 Å². The molecular weight excluding hydrogens is 629 g/mol. The fourth-order valence-corrected chi connectivity index (χ4v) is 10.2. The number of ether oxygens (including phenoxy) is 2. The van der Waals surface area contributed by atoms with Crippen LogP contribution in [0.3, 0.4) is 0 Å². The second kappa shape index (κ2) is 15.5. The van der Waals surface area contributed by atoms with Crippen LogP contribution < -0.4 is 0 Å². The number of hydrogen-bond acceptors (Lipinski definition) is 5. The number of hydrogen-bond donors (Lipinski definition) is 0. The molecular formula is C41H72O5Si2. The SMILES string of the molecule is C=C1C(=CC=C2CCC[C@]3(C)C(CC)=CC[C@@H]23)C[C@](OCC(=O)OC(CC)CCC)(O[Si](C)(C)C(C)(C)C)CC1O[Si](C)(C)C(C)(C)C. The first kappa shape index (κ1) is 41.2. The van der Waals surface area contributed by atoms with E-state index in [1.165, 1.54) is 18.4 Å². The predicted molar refractivity (Wildman–Crippen MR) is 207 cm³/mol. The third kappa shape index (κ3) is 9.34. The van der Waals surface area contributed by atoms with Crippen molar-refractivity contribution in [2.45, 2.75) is 188 Å². The van der Waals surface area contributed by atoms with Crippen molar-refractivity contribution in [2.24, 2.45) is 11.3 Å². The van der Waals surface area contributed by atoms with E-state index in [-0.39, 0.29) is 40.3 Å². The van der Waals surface area contributed by atoms with Crippen molar-refractivity contribution >= 4 is 22.6 Å². The van der Waals surface area contributed by atoms with E-state index in [0.29, 0.717) is 18.8 Å². The Hall–Kier alpha value is -1.26. The van der Waals surface area contributed by atoms with Gasteiger partial charge < -0.3 is 18.3 Å². The average molecular weight is 701 g/mol. The van der Waals surface area contributed by atoms with Crippen LogP contribution in [-0.2, 0) is 23.1 Å². The number of allylic oxidation sites excluding steroid dienone is 5. The molecule has 274 valence electrons. The van der Waals surface area contributed by atoms with Crippen LogP contribution in [0.5, 0.6) is 0 Å². The molecule has 2 unspecified atom stereocenters. The van der Waals surface area contributed by atoms with Gasteiger partial charge in [0.15, 0.2) is 22.4 Å². The van der Waals surface area contributed by atoms with Crippen molar-refractivity contribution in [1.82, 2.24) is 0 Å². The van der Waals surface area contributed by atoms with Gasteiger partial charge in [-0.05, 0) is 104 Å². The molecule has 0 spiro atoms. The number of rotatable bonds is 13. The van der Waals surface area contributed by atoms with Gasteiger partial charge in [0.2, 0.25) is 0 Å². The van der Waals surface area contributed by atoms with Gasteiger partial charge in [0.05, 0.1) is 6.10 Å². The van der Waals surface area contributed by atoms with E-state index in [4.69, 9.17) is 18.3 Å². The van der Waals surface area contributed by atoms with E-state index in [0.717, 1.165) is 49.7 Å². The molecule has 0 aromatic heterocycles. The average Bonchev–Trinajstić information content (AvgIpc) is 3.32. The van der Waals surface area contributed by atoms with E-state index in [1.54, 1.807) is 5.57 Å². The molecule has 5 atom stereocenters. The smallest absolute Gasteiger partial charge is 0.332 e. The summed E-state index contributed by atoms with van der Waals surface area (Å²) in [5, 5.41) is -0.0228. The van der Waals surface area contributed by atoms with Gasteiger partial charge in [-0.1, -0.05) is 112 Å². The molecule has 0 saturated heterocycles. The summed E-state index contributed by atoms with van der Waals surface area (Å²) >= 11 is 0. The van der Waals surface area contributed by atoms with Crippen molar-refractivity contribution < 1.29 is 23.1 Å². The van der Waals surface area contributed by atoms with Crippen LogP contribution in [0.4, 0.5) is 0 Å². The lowest BCUT2D eigenvalue weighted by Gasteiger charge is -2.51. The Bertz CT molecular complexity index is 1250. The van der Waals surface area contributed by atoms with Crippen LogP contribution in [0.15, 0.2) is 47.1 Å². The second-order valence-electron chi connectivity index (χ2n) is 18.2. The van der Waals surface area contributed by atoms with Crippen LogP contribution in [0.1, 0.15) is 133 Å². The normalized spacial score (nSPS) is 29.6. The van der Waals surface area contributed by atoms with Crippen molar-refractivity contribution in [3.05, 3.63) is 47.1 Å². The van der Waals surface area contributed by atoms with Crippen molar-refractivity contribution in [3.63, 3.8) is 0 Å². The first-order valence-corrected chi connectivity index (χ1v) is 24.9. The third-order valence-corrected chi connectivity index (χ3v) is 21.6. The van der Waals surface area contributed by atoms with Gasteiger partial charge in [-0.25, -0.2) is 4.79 Å². The summed E-state index contributed by atoms with van der Waals surface area (Å²) in [6, 6.07) is 0. The summed E-state index contributed by atoms with van der Waals surface area (Å²) < 4.78 is 27.1. The zero-order chi connectivity index (χ0) is 36.3. The highest BCUT2D eigenvalue weighted by molar-refractivity contribution is 6.74. The lowest BCUT2D eigenvalue weighted by atomic mass is 9.64. The van der Waals surface area contributed by atoms with Gasteiger partial charge in [-0.2, -0.15) is 0 Å². The molecule has 0 heterocycles. The largest absolute Gasteiger partial charge is 0.461 e. The molecule has 3 aliphatic rings. The lowest BCUT2D eigenvalue weighted by molar-refractivity contribution is -0.217. The maximum Gasteiger partial charge on any atom is 0.332 e. The van der Waals surface area contributed by atoms with Crippen LogP contribution >= 0.6 is 0 Å². The summed E-state index contributed by atoms with van der Waals surface area (Å²) in [5.74, 6) is -0.796. The molecule has 0 aromatic carbocycles. The molecule has 0 N–H and O–H groups in total.